The average Bonchev–Trinajstić information content (AvgIpc) is 2.96. The zero-order chi connectivity index (χ0) is 28.5. The lowest BCUT2D eigenvalue weighted by Gasteiger charge is -2.26. The number of methoxy groups -OCH3 is 1. The van der Waals surface area contributed by atoms with Gasteiger partial charge in [0.05, 0.1) is 7.11 Å². The van der Waals surface area contributed by atoms with E-state index in [-0.39, 0.29) is 29.3 Å². The predicted molar refractivity (Wildman–Crippen MR) is 148 cm³/mol. The molecule has 3 aromatic carbocycles. The van der Waals surface area contributed by atoms with Crippen LogP contribution in [0.5, 0.6) is 0 Å². The Labute approximate surface area is 231 Å². The number of halogens is 2. The monoisotopic (exact) mass is 550 g/mol. The van der Waals surface area contributed by atoms with Gasteiger partial charge in [-0.1, -0.05) is 36.8 Å². The Kier molecular flexibility index (Phi) is 9.80. The van der Waals surface area contributed by atoms with E-state index >= 15 is 0 Å². The van der Waals surface area contributed by atoms with Crippen LogP contribution in [0.25, 0.3) is 11.1 Å². The molecule has 1 aliphatic heterocycles. The molecule has 3 amide bonds. The van der Waals surface area contributed by atoms with Crippen molar-refractivity contribution in [2.75, 3.05) is 38.6 Å². The third-order valence-electron chi connectivity index (χ3n) is 6.75. The molecule has 4 rings (SSSR count). The number of hydrogen-bond donors (Lipinski definition) is 3. The van der Waals surface area contributed by atoms with E-state index in [1.54, 1.807) is 24.3 Å². The smallest absolute Gasteiger partial charge is 0.341 e. The van der Waals surface area contributed by atoms with Crippen LogP contribution in [0.1, 0.15) is 45.5 Å². The summed E-state index contributed by atoms with van der Waals surface area (Å²) in [4.78, 5) is 39.4. The van der Waals surface area contributed by atoms with Gasteiger partial charge < -0.3 is 25.6 Å². The molecule has 210 valence electrons. The molecule has 0 unspecified atom stereocenters. The highest BCUT2D eigenvalue weighted by Gasteiger charge is 2.19. The molecule has 1 fully saturated rings. The molecule has 0 aliphatic carbocycles. The summed E-state index contributed by atoms with van der Waals surface area (Å²) in [6.07, 6.45) is 3.63. The van der Waals surface area contributed by atoms with Gasteiger partial charge in [0.15, 0.2) is 0 Å². The van der Waals surface area contributed by atoms with Crippen LogP contribution in [-0.2, 0) is 11.3 Å². The summed E-state index contributed by atoms with van der Waals surface area (Å²) >= 11 is 0. The Morgan fingerprint density at radius 3 is 2.42 bits per heavy atom. The molecule has 3 N–H and O–H groups in total. The molecule has 0 spiro atoms. The standard InChI is InChI=1S/C30H32F2N4O4/c1-40-29(38)27-24(9-6-10-25(27)31)20-11-12-22(26(32)18-20)19-34-28(37)21-7-5-8-23(17-21)35-30(39)33-13-16-36-14-3-2-4-15-36/h5-12,17-18H,2-4,13-16,19H2,1H3,(H,34,37)(H2,33,35,39). The number of piperidine rings is 1. The molecular weight excluding hydrogens is 518 g/mol. The second-order valence-corrected chi connectivity index (χ2v) is 9.51. The van der Waals surface area contributed by atoms with Crippen LogP contribution in [0.3, 0.4) is 0 Å². The lowest BCUT2D eigenvalue weighted by atomic mass is 9.98. The zero-order valence-corrected chi connectivity index (χ0v) is 22.3. The van der Waals surface area contributed by atoms with Gasteiger partial charge in [-0.05, 0) is 67.4 Å². The Balaban J connectivity index is 1.33. The maximum atomic E-state index is 14.9. The third-order valence-corrected chi connectivity index (χ3v) is 6.75. The Morgan fingerprint density at radius 1 is 0.900 bits per heavy atom. The van der Waals surface area contributed by atoms with E-state index in [0.29, 0.717) is 23.4 Å². The largest absolute Gasteiger partial charge is 0.465 e. The number of urea groups is 1. The number of anilines is 1. The first kappa shape index (κ1) is 28.7. The molecule has 10 heteroatoms. The quantitative estimate of drug-likeness (QED) is 0.327. The topological polar surface area (TPSA) is 99.8 Å². The van der Waals surface area contributed by atoms with Crippen molar-refractivity contribution in [1.29, 1.82) is 0 Å². The van der Waals surface area contributed by atoms with Gasteiger partial charge in [0.25, 0.3) is 5.91 Å². The van der Waals surface area contributed by atoms with E-state index in [1.165, 1.54) is 49.6 Å². The van der Waals surface area contributed by atoms with Crippen LogP contribution in [0.4, 0.5) is 19.3 Å². The third kappa shape index (κ3) is 7.41. The van der Waals surface area contributed by atoms with E-state index in [2.05, 4.69) is 25.6 Å². The summed E-state index contributed by atoms with van der Waals surface area (Å²) < 4.78 is 33.9. The van der Waals surface area contributed by atoms with Gasteiger partial charge in [0, 0.05) is 36.4 Å². The van der Waals surface area contributed by atoms with E-state index in [9.17, 15) is 23.2 Å². The number of nitrogens with zero attached hydrogens (tertiary/aromatic N) is 1. The molecule has 0 saturated carbocycles. The van der Waals surface area contributed by atoms with Crippen LogP contribution in [0, 0.1) is 11.6 Å². The molecule has 1 saturated heterocycles. The van der Waals surface area contributed by atoms with Crippen LogP contribution in [0.2, 0.25) is 0 Å². The molecule has 0 bridgehead atoms. The van der Waals surface area contributed by atoms with Crippen molar-refractivity contribution in [1.82, 2.24) is 15.5 Å². The second-order valence-electron chi connectivity index (χ2n) is 9.51. The van der Waals surface area contributed by atoms with Crippen LogP contribution < -0.4 is 16.0 Å². The van der Waals surface area contributed by atoms with E-state index in [4.69, 9.17) is 0 Å². The van der Waals surface area contributed by atoms with Gasteiger partial charge >= 0.3 is 12.0 Å². The number of ether oxygens (including phenoxy) is 1. The predicted octanol–water partition coefficient (Wildman–Crippen LogP) is 4.96. The number of carbonyl (C=O) groups is 3. The minimum Gasteiger partial charge on any atom is -0.465 e. The number of carbonyl (C=O) groups excluding carboxylic acids is 3. The lowest BCUT2D eigenvalue weighted by molar-refractivity contribution is 0.0596. The number of hydrogen-bond acceptors (Lipinski definition) is 5. The fraction of sp³-hybridized carbons (Fsp3) is 0.300. The van der Waals surface area contributed by atoms with Crippen molar-refractivity contribution in [2.45, 2.75) is 25.8 Å². The molecule has 40 heavy (non-hydrogen) atoms. The van der Waals surface area contributed by atoms with Crippen molar-refractivity contribution in [3.8, 4) is 11.1 Å². The van der Waals surface area contributed by atoms with E-state index in [1.807, 2.05) is 0 Å². The van der Waals surface area contributed by atoms with Crippen LogP contribution >= 0.6 is 0 Å². The summed E-state index contributed by atoms with van der Waals surface area (Å²) in [5, 5.41) is 8.23. The SMILES string of the molecule is COC(=O)c1c(F)cccc1-c1ccc(CNC(=O)c2cccc(NC(=O)NCCN3CCCCC3)c2)c(F)c1. The number of rotatable bonds is 9. The molecule has 0 aromatic heterocycles. The number of esters is 1. The van der Waals surface area contributed by atoms with Gasteiger partial charge in [0.1, 0.15) is 17.2 Å². The number of nitrogens with one attached hydrogen (secondary N) is 3. The highest BCUT2D eigenvalue weighted by atomic mass is 19.1. The zero-order valence-electron chi connectivity index (χ0n) is 22.3. The highest BCUT2D eigenvalue weighted by Crippen LogP contribution is 2.28. The van der Waals surface area contributed by atoms with Crippen molar-refractivity contribution < 1.29 is 27.9 Å². The number of benzene rings is 3. The van der Waals surface area contributed by atoms with Gasteiger partial charge in [-0.25, -0.2) is 18.4 Å². The van der Waals surface area contributed by atoms with E-state index in [0.717, 1.165) is 32.8 Å². The summed E-state index contributed by atoms with van der Waals surface area (Å²) in [7, 11) is 1.14. The van der Waals surface area contributed by atoms with Crippen molar-refractivity contribution in [2.24, 2.45) is 0 Å². The maximum Gasteiger partial charge on any atom is 0.341 e. The minimum absolute atomic E-state index is 0.105. The van der Waals surface area contributed by atoms with Crippen molar-refractivity contribution in [3.63, 3.8) is 0 Å². The summed E-state index contributed by atoms with van der Waals surface area (Å²) in [5.41, 5.74) is 1.16. The fourth-order valence-corrected chi connectivity index (χ4v) is 4.63. The first-order valence-electron chi connectivity index (χ1n) is 13.2. The minimum atomic E-state index is -0.864. The van der Waals surface area contributed by atoms with Gasteiger partial charge in [-0.15, -0.1) is 0 Å². The molecule has 1 heterocycles. The Hall–Kier alpha value is -4.31. The first-order valence-corrected chi connectivity index (χ1v) is 13.2. The highest BCUT2D eigenvalue weighted by molar-refractivity contribution is 5.98. The fourth-order valence-electron chi connectivity index (χ4n) is 4.63. The molecule has 1 aliphatic rings. The normalized spacial score (nSPS) is 13.4. The molecule has 0 atom stereocenters. The van der Waals surface area contributed by atoms with Crippen LogP contribution in [-0.4, -0.2) is 56.1 Å². The Bertz CT molecular complexity index is 1380. The van der Waals surface area contributed by atoms with Crippen molar-refractivity contribution >= 4 is 23.6 Å². The average molecular weight is 551 g/mol. The summed E-state index contributed by atoms with van der Waals surface area (Å²) in [5.74, 6) is -2.71. The molecule has 3 aromatic rings. The summed E-state index contributed by atoms with van der Waals surface area (Å²) in [6.45, 7) is 3.32. The second kappa shape index (κ2) is 13.7. The summed E-state index contributed by atoms with van der Waals surface area (Å²) in [6, 6.07) is 14.3. The first-order chi connectivity index (χ1) is 19.4. The maximum absolute atomic E-state index is 14.9. The van der Waals surface area contributed by atoms with Crippen molar-refractivity contribution in [3.05, 3.63) is 89.0 Å². The molecule has 0 radical (unpaired) electrons. The van der Waals surface area contributed by atoms with Crippen LogP contribution in [0.15, 0.2) is 60.7 Å². The van der Waals surface area contributed by atoms with Gasteiger partial charge in [-0.3, -0.25) is 4.79 Å². The Morgan fingerprint density at radius 2 is 1.68 bits per heavy atom. The lowest BCUT2D eigenvalue weighted by Crippen LogP contribution is -2.39. The van der Waals surface area contributed by atoms with E-state index < -0.39 is 23.5 Å². The molecule has 8 nitrogen and oxygen atoms in total. The van der Waals surface area contributed by atoms with Gasteiger partial charge in [-0.2, -0.15) is 0 Å². The van der Waals surface area contributed by atoms with Gasteiger partial charge in [0.2, 0.25) is 0 Å². The number of amides is 3. The number of likely N-dealkylation sites (tertiary alicyclic amines) is 1. The molecular formula is C30H32F2N4O4.